The van der Waals surface area contributed by atoms with E-state index in [1.807, 2.05) is 6.07 Å². The molecule has 136 valence electrons. The van der Waals surface area contributed by atoms with Gasteiger partial charge < -0.3 is 25.0 Å². The number of fused-ring (bicyclic) bond motifs is 1. The molecule has 0 radical (unpaired) electrons. The number of amides is 2. The molecule has 1 saturated heterocycles. The van der Waals surface area contributed by atoms with Crippen LogP contribution in [0, 0.1) is 0 Å². The average molecular weight is 348 g/mol. The van der Waals surface area contributed by atoms with E-state index in [1.165, 1.54) is 10.5 Å². The first-order chi connectivity index (χ1) is 12.2. The van der Waals surface area contributed by atoms with Crippen LogP contribution < -0.4 is 25.0 Å². The maximum absolute atomic E-state index is 12.1. The SMILES string of the molecule is CNC(=O)CNC(=O)C[NH+]1CCC[C@H]1c1ccc2c(c1)OCCCO2. The minimum Gasteiger partial charge on any atom is -0.490 e. The second-order valence-electron chi connectivity index (χ2n) is 6.49. The molecule has 0 bridgehead atoms. The van der Waals surface area contributed by atoms with Gasteiger partial charge in [0.2, 0.25) is 5.91 Å². The Morgan fingerprint density at radius 1 is 1.16 bits per heavy atom. The molecule has 3 rings (SSSR count). The van der Waals surface area contributed by atoms with Gasteiger partial charge in [-0.1, -0.05) is 0 Å². The first-order valence-electron chi connectivity index (χ1n) is 8.89. The monoisotopic (exact) mass is 348 g/mol. The van der Waals surface area contributed by atoms with Crippen LogP contribution in [0.1, 0.15) is 30.9 Å². The number of hydrogen-bond donors (Lipinski definition) is 3. The summed E-state index contributed by atoms with van der Waals surface area (Å²) in [5.41, 5.74) is 1.18. The maximum Gasteiger partial charge on any atom is 0.275 e. The molecule has 25 heavy (non-hydrogen) atoms. The van der Waals surface area contributed by atoms with Gasteiger partial charge in [-0.2, -0.15) is 0 Å². The largest absolute Gasteiger partial charge is 0.490 e. The van der Waals surface area contributed by atoms with E-state index < -0.39 is 0 Å². The third-order valence-corrected chi connectivity index (χ3v) is 4.77. The molecular weight excluding hydrogens is 322 g/mol. The summed E-state index contributed by atoms with van der Waals surface area (Å²) in [6.07, 6.45) is 3.01. The minimum absolute atomic E-state index is 0.0251. The van der Waals surface area contributed by atoms with Crippen molar-refractivity contribution in [2.75, 3.05) is 39.9 Å². The van der Waals surface area contributed by atoms with Crippen molar-refractivity contribution in [1.29, 1.82) is 0 Å². The van der Waals surface area contributed by atoms with Gasteiger partial charge in [0.05, 0.1) is 26.3 Å². The summed E-state index contributed by atoms with van der Waals surface area (Å²) in [7, 11) is 1.56. The second kappa shape index (κ2) is 8.20. The highest BCUT2D eigenvalue weighted by Crippen LogP contribution is 2.33. The van der Waals surface area contributed by atoms with Crippen LogP contribution in [-0.2, 0) is 9.59 Å². The van der Waals surface area contributed by atoms with Crippen molar-refractivity contribution in [3.63, 3.8) is 0 Å². The van der Waals surface area contributed by atoms with Crippen molar-refractivity contribution in [3.8, 4) is 11.5 Å². The Morgan fingerprint density at radius 2 is 1.96 bits per heavy atom. The van der Waals surface area contributed by atoms with Gasteiger partial charge in [-0.15, -0.1) is 0 Å². The lowest BCUT2D eigenvalue weighted by molar-refractivity contribution is -0.910. The molecule has 7 heteroatoms. The molecule has 2 aliphatic rings. The van der Waals surface area contributed by atoms with E-state index >= 15 is 0 Å². The van der Waals surface area contributed by atoms with E-state index in [0.717, 1.165) is 37.3 Å². The van der Waals surface area contributed by atoms with E-state index in [4.69, 9.17) is 9.47 Å². The average Bonchev–Trinajstić information content (AvgIpc) is 2.95. The normalized spacial score (nSPS) is 22.1. The highest BCUT2D eigenvalue weighted by molar-refractivity contribution is 5.84. The molecule has 2 atom stereocenters. The zero-order valence-corrected chi connectivity index (χ0v) is 14.6. The number of rotatable bonds is 5. The van der Waals surface area contributed by atoms with Gasteiger partial charge in [-0.3, -0.25) is 9.59 Å². The van der Waals surface area contributed by atoms with Gasteiger partial charge in [0, 0.05) is 31.9 Å². The number of carbonyl (C=O) groups is 2. The molecule has 0 aromatic heterocycles. The van der Waals surface area contributed by atoms with Crippen LogP contribution in [0.15, 0.2) is 18.2 Å². The van der Waals surface area contributed by atoms with E-state index in [9.17, 15) is 9.59 Å². The molecule has 1 fully saturated rings. The van der Waals surface area contributed by atoms with Crippen LogP contribution in [0.25, 0.3) is 0 Å². The Kier molecular flexibility index (Phi) is 5.75. The molecule has 0 spiro atoms. The Hall–Kier alpha value is -2.28. The predicted octanol–water partition coefficient (Wildman–Crippen LogP) is -0.570. The molecule has 1 unspecified atom stereocenters. The summed E-state index contributed by atoms with van der Waals surface area (Å²) < 4.78 is 11.5. The van der Waals surface area contributed by atoms with Crippen LogP contribution in [0.5, 0.6) is 11.5 Å². The minimum atomic E-state index is -0.191. The van der Waals surface area contributed by atoms with E-state index in [2.05, 4.69) is 22.8 Å². The third kappa shape index (κ3) is 4.42. The lowest BCUT2D eigenvalue weighted by atomic mass is 10.0. The van der Waals surface area contributed by atoms with E-state index in [1.54, 1.807) is 7.05 Å². The Balaban J connectivity index is 1.64. The van der Waals surface area contributed by atoms with Crippen LogP contribution in [0.4, 0.5) is 0 Å². The van der Waals surface area contributed by atoms with Crippen molar-refractivity contribution in [2.45, 2.75) is 25.3 Å². The van der Waals surface area contributed by atoms with E-state index in [0.29, 0.717) is 19.8 Å². The van der Waals surface area contributed by atoms with Crippen molar-refractivity contribution in [2.24, 2.45) is 0 Å². The highest BCUT2D eigenvalue weighted by atomic mass is 16.5. The summed E-state index contributed by atoms with van der Waals surface area (Å²) in [5, 5.41) is 5.17. The van der Waals surface area contributed by atoms with Gasteiger partial charge >= 0.3 is 0 Å². The number of likely N-dealkylation sites (N-methyl/N-ethyl adjacent to an activating group) is 1. The van der Waals surface area contributed by atoms with E-state index in [-0.39, 0.29) is 24.4 Å². The molecule has 1 aromatic rings. The highest BCUT2D eigenvalue weighted by Gasteiger charge is 2.32. The predicted molar refractivity (Wildman–Crippen MR) is 91.8 cm³/mol. The fraction of sp³-hybridized carbons (Fsp3) is 0.556. The Labute approximate surface area is 147 Å². The first-order valence-corrected chi connectivity index (χ1v) is 8.89. The van der Waals surface area contributed by atoms with Crippen LogP contribution in [-0.4, -0.2) is 51.7 Å². The summed E-state index contributed by atoms with van der Waals surface area (Å²) in [6, 6.07) is 6.37. The summed E-state index contributed by atoms with van der Waals surface area (Å²) in [6.45, 7) is 2.69. The van der Waals surface area contributed by atoms with Gasteiger partial charge in [-0.25, -0.2) is 0 Å². The first kappa shape index (κ1) is 17.5. The smallest absolute Gasteiger partial charge is 0.275 e. The van der Waals surface area contributed by atoms with Crippen molar-refractivity contribution in [1.82, 2.24) is 10.6 Å². The molecule has 2 amide bonds. The quantitative estimate of drug-likeness (QED) is 0.666. The molecule has 0 saturated carbocycles. The van der Waals surface area contributed by atoms with Gasteiger partial charge in [0.1, 0.15) is 6.04 Å². The number of carbonyl (C=O) groups excluding carboxylic acids is 2. The van der Waals surface area contributed by atoms with Gasteiger partial charge in [0.15, 0.2) is 18.0 Å². The molecular formula is C18H26N3O4+. The zero-order chi connectivity index (χ0) is 17.6. The number of benzene rings is 1. The summed E-state index contributed by atoms with van der Waals surface area (Å²) in [4.78, 5) is 24.6. The fourth-order valence-electron chi connectivity index (χ4n) is 3.46. The number of quaternary nitrogens is 1. The van der Waals surface area contributed by atoms with Crippen molar-refractivity contribution in [3.05, 3.63) is 23.8 Å². The number of ether oxygens (including phenoxy) is 2. The summed E-state index contributed by atoms with van der Waals surface area (Å²) >= 11 is 0. The van der Waals surface area contributed by atoms with Crippen molar-refractivity contribution >= 4 is 11.8 Å². The van der Waals surface area contributed by atoms with Crippen molar-refractivity contribution < 1.29 is 24.0 Å². The number of likely N-dealkylation sites (tertiary alicyclic amines) is 1. The topological polar surface area (TPSA) is 81.1 Å². The fourth-order valence-corrected chi connectivity index (χ4v) is 3.46. The van der Waals surface area contributed by atoms with Crippen LogP contribution in [0.2, 0.25) is 0 Å². The third-order valence-electron chi connectivity index (χ3n) is 4.77. The lowest BCUT2D eigenvalue weighted by Gasteiger charge is -2.22. The van der Waals surface area contributed by atoms with Crippen LogP contribution in [0.3, 0.4) is 0 Å². The molecule has 7 nitrogen and oxygen atoms in total. The second-order valence-corrected chi connectivity index (χ2v) is 6.49. The van der Waals surface area contributed by atoms with Crippen LogP contribution >= 0.6 is 0 Å². The lowest BCUT2D eigenvalue weighted by Crippen LogP contribution is -3.11. The molecule has 2 heterocycles. The molecule has 3 N–H and O–H groups in total. The molecule has 1 aromatic carbocycles. The Bertz CT molecular complexity index is 635. The van der Waals surface area contributed by atoms with Gasteiger partial charge in [-0.05, 0) is 18.2 Å². The maximum atomic E-state index is 12.1. The number of nitrogens with one attached hydrogen (secondary N) is 3. The molecule has 2 aliphatic heterocycles. The Morgan fingerprint density at radius 3 is 2.76 bits per heavy atom. The standard InChI is InChI=1S/C18H25N3O4/c1-19-17(22)11-20-18(23)12-21-7-2-4-14(21)13-5-6-15-16(10-13)25-9-3-8-24-15/h5-6,10,14H,2-4,7-9,11-12H2,1H3,(H,19,22)(H,20,23)/p+1/t14-/m0/s1. The number of hydrogen-bond acceptors (Lipinski definition) is 4. The summed E-state index contributed by atoms with van der Waals surface area (Å²) in [5.74, 6) is 1.30. The zero-order valence-electron chi connectivity index (χ0n) is 14.6. The van der Waals surface area contributed by atoms with Gasteiger partial charge in [0.25, 0.3) is 5.91 Å². The molecule has 0 aliphatic carbocycles.